The maximum Gasteiger partial charge on any atom is 0.471 e. The van der Waals surface area contributed by atoms with E-state index in [1.165, 1.54) is 12.1 Å². The van der Waals surface area contributed by atoms with E-state index in [-0.39, 0.29) is 44.0 Å². The Balaban J connectivity index is 1.02. The van der Waals surface area contributed by atoms with Crippen LogP contribution in [0.1, 0.15) is 53.9 Å². The third kappa shape index (κ3) is 9.45. The molecule has 0 bridgehead atoms. The fourth-order valence-electron chi connectivity index (χ4n) is 7.82. The number of aliphatic hydroxyl groups is 1. The number of nitro groups is 1. The lowest BCUT2D eigenvalue weighted by Gasteiger charge is -2.41. The molecule has 3 aliphatic rings. The Morgan fingerprint density at radius 1 is 0.860 bits per heavy atom. The molecule has 4 aromatic rings. The summed E-state index contributed by atoms with van der Waals surface area (Å²) in [6, 6.07) is 28.3. The molecule has 4 aromatic carbocycles. The molecule has 0 aromatic heterocycles. The minimum Gasteiger partial charge on any atom is -0.392 e. The van der Waals surface area contributed by atoms with Crippen LogP contribution in [0.5, 0.6) is 0 Å². The van der Waals surface area contributed by atoms with E-state index >= 15 is 0 Å². The second kappa shape index (κ2) is 17.4. The van der Waals surface area contributed by atoms with Crippen LogP contribution in [0.4, 0.5) is 24.5 Å². The first-order valence-electron chi connectivity index (χ1n) is 19.0. The van der Waals surface area contributed by atoms with Crippen molar-refractivity contribution in [1.29, 1.82) is 0 Å². The number of amides is 2. The van der Waals surface area contributed by atoms with Crippen LogP contribution in [0.3, 0.4) is 0 Å². The Morgan fingerprint density at radius 2 is 1.54 bits per heavy atom. The monoisotopic (exact) mass is 787 g/mol. The van der Waals surface area contributed by atoms with Crippen LogP contribution in [0, 0.1) is 10.1 Å². The van der Waals surface area contributed by atoms with Crippen molar-refractivity contribution >= 4 is 23.2 Å². The molecule has 0 spiro atoms. The van der Waals surface area contributed by atoms with Gasteiger partial charge in [0.2, 0.25) is 5.91 Å². The van der Waals surface area contributed by atoms with Crippen LogP contribution < -0.4 is 10.2 Å². The molecular formula is C42H44F3N5O7. The van der Waals surface area contributed by atoms with Crippen molar-refractivity contribution < 1.29 is 42.3 Å². The number of non-ortho nitro benzene ring substituents is 1. The second-order valence-electron chi connectivity index (χ2n) is 14.6. The maximum absolute atomic E-state index is 13.1. The molecule has 3 heterocycles. The van der Waals surface area contributed by atoms with Gasteiger partial charge in [-0.3, -0.25) is 24.6 Å². The summed E-state index contributed by atoms with van der Waals surface area (Å²) in [6.45, 7) is 3.68. The van der Waals surface area contributed by atoms with Crippen LogP contribution in [0.15, 0.2) is 97.1 Å². The maximum atomic E-state index is 13.1. The second-order valence-corrected chi connectivity index (χ2v) is 14.6. The lowest BCUT2D eigenvalue weighted by atomic mass is 9.97. The number of carbonyl (C=O) groups excluding carboxylic acids is 2. The molecule has 3 fully saturated rings. The van der Waals surface area contributed by atoms with Crippen molar-refractivity contribution in [3.05, 3.63) is 129 Å². The smallest absolute Gasteiger partial charge is 0.392 e. The average molecular weight is 788 g/mol. The number of nitrogens with one attached hydrogen (secondary N) is 1. The van der Waals surface area contributed by atoms with Crippen LogP contribution in [-0.2, 0) is 32.2 Å². The Bertz CT molecular complexity index is 2020. The van der Waals surface area contributed by atoms with Crippen molar-refractivity contribution in [2.45, 2.75) is 63.1 Å². The number of rotatable bonds is 11. The number of aliphatic hydroxyl groups excluding tert-OH is 1. The van der Waals surface area contributed by atoms with Crippen LogP contribution in [0.25, 0.3) is 11.1 Å². The standard InChI is InChI=1S/C42H44F3N5O7/c43-42(44,45)41(53)49-19-3-6-37(49)39(52)46-25-32-4-1-2-5-36(32)29-11-13-31(14-12-29)40-56-35(24-38(57-40)30-9-7-28(27-51)8-10-30)26-47-20-22-48(23-21-47)33-15-17-34(18-16-33)50(54)55/h1-2,4-5,7-18,35,37-38,40,51H,3,6,19-27H2,(H,46,52)/t35-,37-,38+,40+/m0/s1. The number of halogens is 3. The molecule has 57 heavy (non-hydrogen) atoms. The first-order valence-corrected chi connectivity index (χ1v) is 19.0. The van der Waals surface area contributed by atoms with Crippen molar-refractivity contribution in [3.8, 4) is 11.1 Å². The highest BCUT2D eigenvalue weighted by molar-refractivity contribution is 5.90. The summed E-state index contributed by atoms with van der Waals surface area (Å²) in [5, 5.41) is 23.4. The third-order valence-electron chi connectivity index (χ3n) is 10.9. The Hall–Kier alpha value is -5.35. The Kier molecular flexibility index (Phi) is 12.2. The molecule has 7 rings (SSSR count). The van der Waals surface area contributed by atoms with E-state index in [9.17, 15) is 38.0 Å². The summed E-state index contributed by atoms with van der Waals surface area (Å²) < 4.78 is 52.6. The predicted octanol–water partition coefficient (Wildman–Crippen LogP) is 6.29. The number of alkyl halides is 3. The Labute approximate surface area is 327 Å². The van der Waals surface area contributed by atoms with Crippen LogP contribution in [0.2, 0.25) is 0 Å². The highest BCUT2D eigenvalue weighted by atomic mass is 19.4. The molecule has 0 saturated carbocycles. The molecular weight excluding hydrogens is 743 g/mol. The van der Waals surface area contributed by atoms with E-state index in [1.54, 1.807) is 12.1 Å². The Morgan fingerprint density at radius 3 is 2.21 bits per heavy atom. The SMILES string of the molecule is O=C(NCc1ccccc1-c1ccc([C@@H]2O[C@H](CN3CCN(c4ccc([N+](=O)[O-])cc4)CC3)C[C@H](c3ccc(CO)cc3)O2)cc1)[C@@H]1CCCN1C(=O)C(F)(F)F. The van der Waals surface area contributed by atoms with Gasteiger partial charge in [0.25, 0.3) is 5.69 Å². The van der Waals surface area contributed by atoms with E-state index < -0.39 is 35.2 Å². The zero-order valence-electron chi connectivity index (χ0n) is 31.1. The minimum absolute atomic E-state index is 0.0596. The number of likely N-dealkylation sites (tertiary alicyclic amines) is 1. The number of ether oxygens (including phenoxy) is 2. The fourth-order valence-corrected chi connectivity index (χ4v) is 7.82. The summed E-state index contributed by atoms with van der Waals surface area (Å²) in [5.41, 5.74) is 6.04. The topological polar surface area (TPSA) is 138 Å². The van der Waals surface area contributed by atoms with Gasteiger partial charge in [-0.2, -0.15) is 13.2 Å². The average Bonchev–Trinajstić information content (AvgIpc) is 3.73. The van der Waals surface area contributed by atoms with Gasteiger partial charge >= 0.3 is 12.1 Å². The molecule has 4 atom stereocenters. The van der Waals surface area contributed by atoms with Gasteiger partial charge in [-0.1, -0.05) is 72.8 Å². The van der Waals surface area contributed by atoms with Crippen molar-refractivity contribution in [2.24, 2.45) is 0 Å². The normalized spacial score (nSPS) is 21.7. The molecule has 300 valence electrons. The summed E-state index contributed by atoms with van der Waals surface area (Å²) in [6.07, 6.45) is -5.05. The quantitative estimate of drug-likeness (QED) is 0.133. The number of anilines is 1. The number of carbonyl (C=O) groups is 2. The number of hydrogen-bond acceptors (Lipinski definition) is 9. The highest BCUT2D eigenvalue weighted by Crippen LogP contribution is 2.39. The lowest BCUT2D eigenvalue weighted by Crippen LogP contribution is -2.50. The summed E-state index contributed by atoms with van der Waals surface area (Å²) >= 11 is 0. The zero-order valence-corrected chi connectivity index (χ0v) is 31.1. The van der Waals surface area contributed by atoms with E-state index in [0.29, 0.717) is 24.3 Å². The molecule has 15 heteroatoms. The van der Waals surface area contributed by atoms with Gasteiger partial charge in [0.15, 0.2) is 6.29 Å². The summed E-state index contributed by atoms with van der Waals surface area (Å²) in [7, 11) is 0. The van der Waals surface area contributed by atoms with Gasteiger partial charge in [0.05, 0.1) is 23.7 Å². The molecule has 0 radical (unpaired) electrons. The molecule has 0 aliphatic carbocycles. The zero-order chi connectivity index (χ0) is 40.1. The van der Waals surface area contributed by atoms with Crippen molar-refractivity contribution in [1.82, 2.24) is 15.1 Å². The largest absolute Gasteiger partial charge is 0.471 e. The predicted molar refractivity (Wildman–Crippen MR) is 205 cm³/mol. The van der Waals surface area contributed by atoms with E-state index in [4.69, 9.17) is 9.47 Å². The minimum atomic E-state index is -5.04. The van der Waals surface area contributed by atoms with E-state index in [0.717, 1.165) is 65.2 Å². The van der Waals surface area contributed by atoms with Gasteiger partial charge in [0, 0.05) is 75.6 Å². The molecule has 2 amide bonds. The summed E-state index contributed by atoms with van der Waals surface area (Å²) in [4.78, 5) is 40.8. The van der Waals surface area contributed by atoms with Gasteiger partial charge in [-0.25, -0.2) is 0 Å². The molecule has 2 N–H and O–H groups in total. The number of piperazine rings is 1. The van der Waals surface area contributed by atoms with Gasteiger partial charge in [0.1, 0.15) is 6.04 Å². The van der Waals surface area contributed by atoms with E-state index in [1.807, 2.05) is 72.8 Å². The van der Waals surface area contributed by atoms with Crippen LogP contribution in [-0.4, -0.2) is 89.2 Å². The van der Waals surface area contributed by atoms with Crippen molar-refractivity contribution in [3.63, 3.8) is 0 Å². The van der Waals surface area contributed by atoms with Gasteiger partial charge in [-0.05, 0) is 52.8 Å². The van der Waals surface area contributed by atoms with Gasteiger partial charge < -0.3 is 29.7 Å². The first kappa shape index (κ1) is 39.9. The number of nitro benzene ring substituents is 1. The molecule has 0 unspecified atom stereocenters. The summed E-state index contributed by atoms with van der Waals surface area (Å²) in [5.74, 6) is -2.62. The molecule has 12 nitrogen and oxygen atoms in total. The fraction of sp³-hybridized carbons (Fsp3) is 0.381. The highest BCUT2D eigenvalue weighted by Gasteiger charge is 2.47. The lowest BCUT2D eigenvalue weighted by molar-refractivity contribution is -0.384. The third-order valence-corrected chi connectivity index (χ3v) is 10.9. The number of nitrogens with zero attached hydrogens (tertiary/aromatic N) is 4. The molecule has 3 aliphatic heterocycles. The number of hydrogen-bond donors (Lipinski definition) is 2. The van der Waals surface area contributed by atoms with E-state index in [2.05, 4.69) is 15.1 Å². The molecule has 3 saturated heterocycles. The number of benzene rings is 4. The van der Waals surface area contributed by atoms with Crippen molar-refractivity contribution in [2.75, 3.05) is 44.2 Å². The first-order chi connectivity index (χ1) is 27.5. The van der Waals surface area contributed by atoms with Crippen LogP contribution >= 0.6 is 0 Å². The van der Waals surface area contributed by atoms with Gasteiger partial charge in [-0.15, -0.1) is 0 Å².